The Morgan fingerprint density at radius 2 is 1.62 bits per heavy atom. The van der Waals surface area contributed by atoms with Crippen LogP contribution in [0.2, 0.25) is 0 Å². The summed E-state index contributed by atoms with van der Waals surface area (Å²) < 4.78 is 41.2. The molecule has 4 amide bonds. The van der Waals surface area contributed by atoms with Crippen molar-refractivity contribution in [2.75, 3.05) is 38.7 Å². The van der Waals surface area contributed by atoms with Crippen LogP contribution in [0.25, 0.3) is 0 Å². The maximum atomic E-state index is 14.7. The number of nitrogens with one attached hydrogen (secondary N) is 3. The zero-order valence-corrected chi connectivity index (χ0v) is 49.1. The molecule has 472 valence electrons. The Kier molecular flexibility index (Phi) is 20.3. The lowest BCUT2D eigenvalue weighted by Gasteiger charge is -2.43. The number of carbonyl (C=O) groups is 10. The maximum Gasteiger partial charge on any atom is 0.514 e. The number of morpholine rings is 1. The number of nitrogens with zero attached hydrogens (tertiary/aromatic N) is 1. The number of carbonyl (C=O) groups excluding carboxylic acids is 10. The molecule has 6 aliphatic rings. The molecule has 3 aliphatic carbocycles. The summed E-state index contributed by atoms with van der Waals surface area (Å²) in [6.45, 7) is 4.78. The molecule has 0 radical (unpaired) electrons. The van der Waals surface area contributed by atoms with Gasteiger partial charge in [0.1, 0.15) is 42.2 Å². The molecule has 0 bridgehead atoms. The van der Waals surface area contributed by atoms with Gasteiger partial charge in [-0.2, -0.15) is 0 Å². The molecule has 88 heavy (non-hydrogen) atoms. The first-order chi connectivity index (χ1) is 42.0. The highest BCUT2D eigenvalue weighted by Gasteiger charge is 2.55. The van der Waals surface area contributed by atoms with Crippen LogP contribution in [-0.2, 0) is 70.2 Å². The number of methoxy groups -OCH3 is 1. The van der Waals surface area contributed by atoms with Gasteiger partial charge >= 0.3 is 12.2 Å². The maximum absolute atomic E-state index is 14.7. The van der Waals surface area contributed by atoms with E-state index >= 15 is 0 Å². The van der Waals surface area contributed by atoms with Gasteiger partial charge in [-0.25, -0.2) is 9.59 Å². The standard InChI is InChI=1S/C62H73N5O21/c1-30(2)51(66-45(73)14-7-5-6-11-35-39(69)19-20-40(35)70)41(71)24-33(10-9-21-64-60(63)79)57(78)65-34-17-15-32(16-18-34)29-84-61(80)87-42-13-8-12-36-47(42)54(76)50-49(52(36)74)53(75)37-26-62(81,44(72)28-68)27-43(48(37)55(50)77)86-46-25-38-56(31(3)85-46)88-58-59(82-4)83-23-22-67(38)58/h8,12-13,15-20,30-31,33,35,38,43,46,51,56,58-59,68,75,77,81H,5-7,9-11,14,21-29H2,1-4H3,(H,65,78)(H,66,73)(H3,63,64,79)/t31-,33+,38-,43-,46-,51-,56+,58+,59-,62-/m0/s1. The van der Waals surface area contributed by atoms with E-state index in [1.165, 1.54) is 61.7 Å². The van der Waals surface area contributed by atoms with Gasteiger partial charge in [-0.1, -0.05) is 51.0 Å². The summed E-state index contributed by atoms with van der Waals surface area (Å²) in [5, 5.41) is 54.0. The summed E-state index contributed by atoms with van der Waals surface area (Å²) in [7, 11) is 1.50. The molecule has 3 aromatic carbocycles. The molecule has 26 heteroatoms. The Morgan fingerprint density at radius 1 is 0.898 bits per heavy atom. The quantitative estimate of drug-likeness (QED) is 0.0154. The van der Waals surface area contributed by atoms with Crippen molar-refractivity contribution in [1.29, 1.82) is 0 Å². The van der Waals surface area contributed by atoms with Crippen molar-refractivity contribution >= 4 is 64.4 Å². The van der Waals surface area contributed by atoms with E-state index in [1.54, 1.807) is 20.8 Å². The van der Waals surface area contributed by atoms with Crippen molar-refractivity contribution in [3.05, 3.63) is 93.6 Å². The second-order valence-electron chi connectivity index (χ2n) is 23.3. The van der Waals surface area contributed by atoms with Crippen molar-refractivity contribution in [3.63, 3.8) is 0 Å². The molecular formula is C62H73N5O21. The lowest BCUT2D eigenvalue weighted by atomic mass is 9.72. The number of aliphatic hydroxyl groups excluding tert-OH is 1. The first-order valence-corrected chi connectivity index (χ1v) is 29.4. The molecule has 3 heterocycles. The Balaban J connectivity index is 0.841. The average molecular weight is 1220 g/mol. The second kappa shape index (κ2) is 27.7. The number of ether oxygens (including phenoxy) is 7. The number of amides is 4. The monoisotopic (exact) mass is 1220 g/mol. The topological polar surface area (TPSA) is 382 Å². The van der Waals surface area contributed by atoms with Gasteiger partial charge in [-0.05, 0) is 74.4 Å². The number of rotatable bonds is 25. The number of hydrogen-bond acceptors (Lipinski definition) is 22. The molecule has 9 rings (SSSR count). The highest BCUT2D eigenvalue weighted by Crippen LogP contribution is 2.53. The Hall–Kier alpha value is -7.82. The fourth-order valence-corrected chi connectivity index (χ4v) is 12.5. The summed E-state index contributed by atoms with van der Waals surface area (Å²) in [6, 6.07) is 7.90. The number of primary amides is 1. The van der Waals surface area contributed by atoms with Crippen LogP contribution in [0.3, 0.4) is 0 Å². The molecule has 3 saturated heterocycles. The summed E-state index contributed by atoms with van der Waals surface area (Å²) in [4.78, 5) is 134. The van der Waals surface area contributed by atoms with E-state index in [0.29, 0.717) is 50.1 Å². The van der Waals surface area contributed by atoms with E-state index in [1.807, 2.05) is 0 Å². The van der Waals surface area contributed by atoms with E-state index in [2.05, 4.69) is 20.9 Å². The Labute approximate surface area is 505 Å². The molecule has 0 unspecified atom stereocenters. The lowest BCUT2D eigenvalue weighted by molar-refractivity contribution is -0.256. The van der Waals surface area contributed by atoms with Crippen LogP contribution < -0.4 is 26.4 Å². The Bertz CT molecular complexity index is 3260. The number of fused-ring (bicyclic) bond motifs is 6. The minimum absolute atomic E-state index is 0.108. The van der Waals surface area contributed by atoms with Gasteiger partial charge in [0.25, 0.3) is 0 Å². The smallest absolute Gasteiger partial charge is 0.507 e. The number of Topliss-reactive ketones (excluding diaryl/α,β-unsaturated/α-hetero) is 2. The van der Waals surface area contributed by atoms with E-state index in [0.717, 1.165) is 0 Å². The first-order valence-electron chi connectivity index (χ1n) is 29.4. The second-order valence-corrected chi connectivity index (χ2v) is 23.3. The predicted molar refractivity (Wildman–Crippen MR) is 305 cm³/mol. The number of ketones is 6. The third-order valence-corrected chi connectivity index (χ3v) is 17.1. The van der Waals surface area contributed by atoms with Gasteiger partial charge in [-0.3, -0.25) is 43.3 Å². The highest BCUT2D eigenvalue weighted by atomic mass is 16.7. The molecule has 0 spiro atoms. The van der Waals surface area contributed by atoms with E-state index in [9.17, 15) is 68.4 Å². The van der Waals surface area contributed by atoms with Crippen molar-refractivity contribution in [3.8, 4) is 17.2 Å². The van der Waals surface area contributed by atoms with Crippen molar-refractivity contribution in [2.24, 2.45) is 23.5 Å². The largest absolute Gasteiger partial charge is 0.514 e. The molecule has 3 aromatic rings. The van der Waals surface area contributed by atoms with Gasteiger partial charge in [-0.15, -0.1) is 0 Å². The summed E-state index contributed by atoms with van der Waals surface area (Å²) >= 11 is 0. The molecule has 3 aliphatic heterocycles. The number of allylic oxidation sites excluding steroid dienone is 2. The molecular weight excluding hydrogens is 1150 g/mol. The SMILES string of the molecule is CO[C@H]1OCCN2[C@@H]1O[C@@H]1[C@H](C)O[C@@H](O[C@H]3C[C@](O)(C(=O)CO)Cc4c(O)c5c(c(O)c43)C(=O)c3c(OC(=O)OCc4ccc(NC(=O)[C@H](CCCNC(N)=O)CC(=O)[C@@H](NC(=O)CCCCCC6C(=O)C=CC6=O)C(C)C)cc4)cccc3C5=O)C[C@@H]12. The van der Waals surface area contributed by atoms with Gasteiger partial charge in [0, 0.05) is 86.6 Å². The predicted octanol–water partition coefficient (Wildman–Crippen LogP) is 3.80. The van der Waals surface area contributed by atoms with E-state index < -0.39 is 156 Å². The zero-order chi connectivity index (χ0) is 63.3. The van der Waals surface area contributed by atoms with Crippen molar-refractivity contribution in [1.82, 2.24) is 15.5 Å². The van der Waals surface area contributed by atoms with Crippen LogP contribution in [0.1, 0.15) is 140 Å². The van der Waals surface area contributed by atoms with Crippen molar-refractivity contribution < 1.29 is 102 Å². The van der Waals surface area contributed by atoms with Gasteiger partial charge in [0.05, 0.1) is 47.5 Å². The van der Waals surface area contributed by atoms with Crippen LogP contribution in [0.5, 0.6) is 17.2 Å². The van der Waals surface area contributed by atoms with Gasteiger partial charge in [0.2, 0.25) is 17.6 Å². The number of aliphatic hydroxyl groups is 2. The van der Waals surface area contributed by atoms with Crippen molar-refractivity contribution in [2.45, 2.75) is 153 Å². The summed E-state index contributed by atoms with van der Waals surface area (Å²) in [6.07, 6.45) is -2.32. The van der Waals surface area contributed by atoms with Crippen LogP contribution in [0.4, 0.5) is 15.3 Å². The number of nitrogens with two attached hydrogens (primary N) is 1. The number of unbranched alkanes of at least 4 members (excludes halogenated alkanes) is 2. The van der Waals surface area contributed by atoms with Crippen LogP contribution in [0.15, 0.2) is 54.6 Å². The van der Waals surface area contributed by atoms with Crippen LogP contribution in [-0.4, -0.2) is 166 Å². The van der Waals surface area contributed by atoms with Crippen LogP contribution in [0, 0.1) is 17.8 Å². The zero-order valence-electron chi connectivity index (χ0n) is 49.1. The number of aromatic hydroxyl groups is 2. The summed E-state index contributed by atoms with van der Waals surface area (Å²) in [5.41, 5.74) is 0.957. The normalized spacial score (nSPS) is 24.6. The molecule has 0 aromatic heterocycles. The summed E-state index contributed by atoms with van der Waals surface area (Å²) in [5.74, 6) is -8.75. The van der Waals surface area contributed by atoms with E-state index in [-0.39, 0.29) is 90.6 Å². The number of hydrogen-bond donors (Lipinski definition) is 8. The Morgan fingerprint density at radius 3 is 2.32 bits per heavy atom. The third-order valence-electron chi connectivity index (χ3n) is 17.1. The fraction of sp³-hybridized carbons (Fsp3) is 0.516. The molecule has 9 N–H and O–H groups in total. The minimum Gasteiger partial charge on any atom is -0.507 e. The fourth-order valence-electron chi connectivity index (χ4n) is 12.5. The molecule has 3 fully saturated rings. The third kappa shape index (κ3) is 13.9. The van der Waals surface area contributed by atoms with E-state index in [4.69, 9.17) is 38.9 Å². The lowest BCUT2D eigenvalue weighted by Crippen LogP contribution is -2.55. The highest BCUT2D eigenvalue weighted by molar-refractivity contribution is 6.31. The molecule has 26 nitrogen and oxygen atoms in total. The first kappa shape index (κ1) is 64.6. The number of benzene rings is 3. The number of phenolic OH excluding ortho intramolecular Hbond substituents is 2. The van der Waals surface area contributed by atoms with Crippen LogP contribution >= 0.6 is 0 Å². The molecule has 0 saturated carbocycles. The number of urea groups is 1. The van der Waals surface area contributed by atoms with Gasteiger partial charge in [0.15, 0.2) is 47.7 Å². The molecule has 10 atom stereocenters. The number of anilines is 1. The average Bonchev–Trinajstić information content (AvgIpc) is 1.52. The van der Waals surface area contributed by atoms with Gasteiger partial charge < -0.3 is 75.3 Å². The number of phenols is 2. The minimum atomic E-state index is -2.38.